The topological polar surface area (TPSA) is 108 Å². The van der Waals surface area contributed by atoms with E-state index in [1.165, 1.54) is 4.90 Å². The summed E-state index contributed by atoms with van der Waals surface area (Å²) in [5.41, 5.74) is 1.00. The molecule has 29 heavy (non-hydrogen) atoms. The van der Waals surface area contributed by atoms with Crippen LogP contribution in [0.3, 0.4) is 0 Å². The quantitative estimate of drug-likeness (QED) is 0.470. The van der Waals surface area contributed by atoms with Crippen LogP contribution in [0.2, 0.25) is 0 Å². The van der Waals surface area contributed by atoms with E-state index in [1.807, 2.05) is 25.1 Å². The van der Waals surface area contributed by atoms with Crippen molar-refractivity contribution < 1.29 is 24.2 Å². The molecular weight excluding hydrogens is 374 g/mol. The van der Waals surface area contributed by atoms with E-state index in [1.54, 1.807) is 14.0 Å². The standard InChI is InChI=1S/C21H27N3O5/c1-4-12-6-7-14-13(10-12)21(20(28)22-14)16-15(17(23-21)11(2)25)18(26)24(19(16)27)8-5-9-29-3/h6-7,10-11,15-17,23,25H,4-5,8-9H2,1-3H3,(H,22,28)/t11?,15-,16-,17?,21?/m0/s1. The van der Waals surface area contributed by atoms with Gasteiger partial charge in [0.25, 0.3) is 0 Å². The number of likely N-dealkylation sites (tertiary alicyclic amines) is 1. The molecule has 3 unspecified atom stereocenters. The summed E-state index contributed by atoms with van der Waals surface area (Å²) < 4.78 is 5.04. The second-order valence-corrected chi connectivity index (χ2v) is 8.08. The highest BCUT2D eigenvalue weighted by molar-refractivity contribution is 6.15. The number of carbonyl (C=O) groups is 3. The Hall–Kier alpha value is -2.29. The van der Waals surface area contributed by atoms with Gasteiger partial charge in [-0.3, -0.25) is 24.6 Å². The molecule has 3 amide bonds. The third kappa shape index (κ3) is 2.73. The molecule has 3 aliphatic heterocycles. The Kier molecular flexibility index (Phi) is 4.96. The molecule has 1 aromatic rings. The Balaban J connectivity index is 1.81. The molecule has 0 radical (unpaired) electrons. The van der Waals surface area contributed by atoms with Gasteiger partial charge in [0.05, 0.1) is 17.9 Å². The van der Waals surface area contributed by atoms with Gasteiger partial charge in [0.2, 0.25) is 17.7 Å². The number of hydrogen-bond acceptors (Lipinski definition) is 6. The Morgan fingerprint density at radius 1 is 1.28 bits per heavy atom. The van der Waals surface area contributed by atoms with Crippen LogP contribution < -0.4 is 10.6 Å². The van der Waals surface area contributed by atoms with Crippen molar-refractivity contribution in [1.82, 2.24) is 10.2 Å². The van der Waals surface area contributed by atoms with E-state index < -0.39 is 29.5 Å². The van der Waals surface area contributed by atoms with Crippen LogP contribution in [0.15, 0.2) is 18.2 Å². The molecule has 3 N–H and O–H groups in total. The molecule has 0 aromatic heterocycles. The first-order chi connectivity index (χ1) is 13.9. The lowest BCUT2D eigenvalue weighted by molar-refractivity contribution is -0.143. The normalized spacial score (nSPS) is 31.4. The minimum atomic E-state index is -1.35. The van der Waals surface area contributed by atoms with E-state index in [-0.39, 0.29) is 24.3 Å². The summed E-state index contributed by atoms with van der Waals surface area (Å²) in [5.74, 6) is -2.72. The van der Waals surface area contributed by atoms with Gasteiger partial charge in [-0.25, -0.2) is 0 Å². The molecule has 1 spiro atoms. The fourth-order valence-corrected chi connectivity index (χ4v) is 5.06. The molecule has 5 atom stereocenters. The van der Waals surface area contributed by atoms with E-state index in [4.69, 9.17) is 4.74 Å². The number of ether oxygens (including phenoxy) is 1. The van der Waals surface area contributed by atoms with Crippen LogP contribution in [0.1, 0.15) is 31.4 Å². The fourth-order valence-electron chi connectivity index (χ4n) is 5.06. The zero-order valence-corrected chi connectivity index (χ0v) is 16.9. The predicted molar refractivity (Wildman–Crippen MR) is 105 cm³/mol. The van der Waals surface area contributed by atoms with Crippen molar-refractivity contribution in [3.05, 3.63) is 29.3 Å². The number of methoxy groups -OCH3 is 1. The van der Waals surface area contributed by atoms with Crippen molar-refractivity contribution in [2.24, 2.45) is 11.8 Å². The summed E-state index contributed by atoms with van der Waals surface area (Å²) in [7, 11) is 1.57. The number of nitrogens with zero attached hydrogens (tertiary/aromatic N) is 1. The van der Waals surface area contributed by atoms with Crippen LogP contribution in [0.5, 0.6) is 0 Å². The molecule has 2 saturated heterocycles. The molecule has 3 aliphatic rings. The number of rotatable bonds is 6. The molecule has 8 nitrogen and oxygen atoms in total. The highest BCUT2D eigenvalue weighted by Gasteiger charge is 2.70. The molecular formula is C21H27N3O5. The molecule has 0 bridgehead atoms. The zero-order valence-electron chi connectivity index (χ0n) is 16.9. The highest BCUT2D eigenvalue weighted by Crippen LogP contribution is 2.53. The maximum atomic E-state index is 13.4. The van der Waals surface area contributed by atoms with Gasteiger partial charge in [-0.2, -0.15) is 0 Å². The average Bonchev–Trinajstić information content (AvgIpc) is 3.28. The molecule has 0 saturated carbocycles. The smallest absolute Gasteiger partial charge is 0.250 e. The zero-order chi connectivity index (χ0) is 20.9. The Bertz CT molecular complexity index is 870. The van der Waals surface area contributed by atoms with Crippen LogP contribution in [0.25, 0.3) is 0 Å². The lowest BCUT2D eigenvalue weighted by Gasteiger charge is -2.30. The van der Waals surface area contributed by atoms with Gasteiger partial charge in [0, 0.05) is 37.6 Å². The molecule has 2 fully saturated rings. The number of benzene rings is 1. The first-order valence-electron chi connectivity index (χ1n) is 10.1. The van der Waals surface area contributed by atoms with E-state index in [0.29, 0.717) is 24.3 Å². The Morgan fingerprint density at radius 2 is 2.03 bits per heavy atom. The molecule has 3 heterocycles. The molecule has 1 aromatic carbocycles. The maximum absolute atomic E-state index is 13.4. The Labute approximate surface area is 169 Å². The van der Waals surface area contributed by atoms with Gasteiger partial charge in [-0.05, 0) is 31.4 Å². The highest BCUT2D eigenvalue weighted by atomic mass is 16.5. The fraction of sp³-hybridized carbons (Fsp3) is 0.571. The van der Waals surface area contributed by atoms with E-state index in [2.05, 4.69) is 10.6 Å². The van der Waals surface area contributed by atoms with Crippen LogP contribution in [0, 0.1) is 11.8 Å². The summed E-state index contributed by atoms with van der Waals surface area (Å²) in [6.45, 7) is 4.27. The SMILES string of the molecule is CCc1ccc2c(c1)C1(NC(C(C)O)[C@H]3C(=O)N(CCCOC)C(=O)[C@H]31)C(=O)N2. The molecule has 0 aliphatic carbocycles. The first kappa shape index (κ1) is 20.0. The number of fused-ring (bicyclic) bond motifs is 4. The summed E-state index contributed by atoms with van der Waals surface area (Å²) in [6.07, 6.45) is 0.404. The number of nitrogens with one attached hydrogen (secondary N) is 2. The molecule has 8 heteroatoms. The van der Waals surface area contributed by atoms with Gasteiger partial charge < -0.3 is 15.2 Å². The summed E-state index contributed by atoms with van der Waals surface area (Å²) in [5, 5.41) is 16.5. The van der Waals surface area contributed by atoms with Crippen molar-refractivity contribution in [3.8, 4) is 0 Å². The van der Waals surface area contributed by atoms with Gasteiger partial charge in [0.1, 0.15) is 5.54 Å². The largest absolute Gasteiger partial charge is 0.392 e. The number of hydrogen-bond donors (Lipinski definition) is 3. The van der Waals surface area contributed by atoms with Crippen molar-refractivity contribution in [2.45, 2.75) is 44.4 Å². The van der Waals surface area contributed by atoms with Crippen LogP contribution >= 0.6 is 0 Å². The van der Waals surface area contributed by atoms with Crippen LogP contribution in [-0.4, -0.2) is 60.1 Å². The number of anilines is 1. The maximum Gasteiger partial charge on any atom is 0.250 e. The summed E-state index contributed by atoms with van der Waals surface area (Å²) in [4.78, 5) is 41.0. The number of aliphatic hydroxyl groups excluding tert-OH is 1. The predicted octanol–water partition coefficient (Wildman–Crippen LogP) is 0.387. The van der Waals surface area contributed by atoms with E-state index >= 15 is 0 Å². The van der Waals surface area contributed by atoms with E-state index in [0.717, 1.165) is 12.0 Å². The van der Waals surface area contributed by atoms with Crippen molar-refractivity contribution in [3.63, 3.8) is 0 Å². The van der Waals surface area contributed by atoms with Gasteiger partial charge in [-0.15, -0.1) is 0 Å². The third-order valence-corrected chi connectivity index (χ3v) is 6.46. The van der Waals surface area contributed by atoms with Crippen LogP contribution in [-0.2, 0) is 31.1 Å². The monoisotopic (exact) mass is 401 g/mol. The molecule has 4 rings (SSSR count). The second-order valence-electron chi connectivity index (χ2n) is 8.08. The average molecular weight is 401 g/mol. The number of amides is 3. The summed E-state index contributed by atoms with van der Waals surface area (Å²) in [6, 6.07) is 5.01. The number of carbonyl (C=O) groups excluding carboxylic acids is 3. The second kappa shape index (κ2) is 7.19. The molecule has 156 valence electrons. The van der Waals surface area contributed by atoms with Gasteiger partial charge >= 0.3 is 0 Å². The van der Waals surface area contributed by atoms with Crippen molar-refractivity contribution >= 4 is 23.4 Å². The lowest BCUT2D eigenvalue weighted by Crippen LogP contribution is -2.54. The minimum absolute atomic E-state index is 0.241. The van der Waals surface area contributed by atoms with Crippen molar-refractivity contribution in [1.29, 1.82) is 0 Å². The number of imide groups is 1. The van der Waals surface area contributed by atoms with Crippen molar-refractivity contribution in [2.75, 3.05) is 25.6 Å². The number of aryl methyl sites for hydroxylation is 1. The number of aliphatic hydroxyl groups is 1. The van der Waals surface area contributed by atoms with Crippen LogP contribution in [0.4, 0.5) is 5.69 Å². The lowest BCUT2D eigenvalue weighted by atomic mass is 9.76. The minimum Gasteiger partial charge on any atom is -0.392 e. The first-order valence-corrected chi connectivity index (χ1v) is 10.1. The van der Waals surface area contributed by atoms with Gasteiger partial charge in [-0.1, -0.05) is 19.1 Å². The van der Waals surface area contributed by atoms with E-state index in [9.17, 15) is 19.5 Å². The summed E-state index contributed by atoms with van der Waals surface area (Å²) >= 11 is 0. The van der Waals surface area contributed by atoms with Gasteiger partial charge in [0.15, 0.2) is 0 Å². The Morgan fingerprint density at radius 3 is 2.69 bits per heavy atom. The third-order valence-electron chi connectivity index (χ3n) is 6.46.